The summed E-state index contributed by atoms with van der Waals surface area (Å²) in [5, 5.41) is 21.2. The van der Waals surface area contributed by atoms with E-state index in [1.165, 1.54) is 24.6 Å². The Bertz CT molecular complexity index is 357. The summed E-state index contributed by atoms with van der Waals surface area (Å²) in [4.78, 5) is 11.6. The van der Waals surface area contributed by atoms with Crippen LogP contribution in [0.2, 0.25) is 0 Å². The van der Waals surface area contributed by atoms with Crippen molar-refractivity contribution in [3.05, 3.63) is 23.8 Å². The Hall–Kier alpha value is -1.71. The quantitative estimate of drug-likeness (QED) is 0.665. The number of hydrogen-bond donors (Lipinski definition) is 3. The van der Waals surface area contributed by atoms with Crippen molar-refractivity contribution in [1.29, 1.82) is 0 Å². The van der Waals surface area contributed by atoms with Crippen molar-refractivity contribution >= 4 is 5.91 Å². The molecule has 0 unspecified atom stereocenters. The van der Waals surface area contributed by atoms with Crippen LogP contribution in [0.5, 0.6) is 11.5 Å². The highest BCUT2D eigenvalue weighted by Crippen LogP contribution is 2.20. The van der Waals surface area contributed by atoms with Crippen molar-refractivity contribution in [1.82, 2.24) is 5.32 Å². The summed E-state index contributed by atoms with van der Waals surface area (Å²) in [6, 6.07) is 3.86. The third-order valence-corrected chi connectivity index (χ3v) is 2.48. The Kier molecular flexibility index (Phi) is 5.33. The lowest BCUT2D eigenvalue weighted by Gasteiger charge is -2.06. The summed E-state index contributed by atoms with van der Waals surface area (Å²) in [5.41, 5.74) is 0.276. The van der Waals surface area contributed by atoms with Gasteiger partial charge in [0.15, 0.2) is 0 Å². The first kappa shape index (κ1) is 13.4. The summed E-state index contributed by atoms with van der Waals surface area (Å²) in [6.07, 6.45) is 4.38. The molecule has 4 nitrogen and oxygen atoms in total. The third-order valence-electron chi connectivity index (χ3n) is 2.48. The number of amides is 1. The number of rotatable bonds is 6. The van der Waals surface area contributed by atoms with E-state index in [1.807, 2.05) is 0 Å². The van der Waals surface area contributed by atoms with E-state index < -0.39 is 0 Å². The van der Waals surface area contributed by atoms with Crippen LogP contribution in [0.4, 0.5) is 0 Å². The number of phenols is 2. The molecule has 1 rings (SSSR count). The molecule has 0 radical (unpaired) electrons. The van der Waals surface area contributed by atoms with Crippen molar-refractivity contribution in [3.63, 3.8) is 0 Å². The average molecular weight is 237 g/mol. The highest BCUT2D eigenvalue weighted by molar-refractivity contribution is 5.94. The van der Waals surface area contributed by atoms with Gasteiger partial charge in [0.25, 0.3) is 5.91 Å². The van der Waals surface area contributed by atoms with Gasteiger partial charge in [-0.2, -0.15) is 0 Å². The van der Waals surface area contributed by atoms with Gasteiger partial charge in [0.05, 0.1) is 0 Å². The van der Waals surface area contributed by atoms with E-state index in [-0.39, 0.29) is 23.0 Å². The minimum Gasteiger partial charge on any atom is -0.508 e. The Morgan fingerprint density at radius 2 is 1.76 bits per heavy atom. The molecule has 0 aromatic heterocycles. The predicted octanol–water partition coefficient (Wildman–Crippen LogP) is 2.41. The molecule has 0 aliphatic carbocycles. The molecule has 0 aliphatic heterocycles. The van der Waals surface area contributed by atoms with Crippen LogP contribution in [0.25, 0.3) is 0 Å². The Morgan fingerprint density at radius 1 is 1.12 bits per heavy atom. The summed E-state index contributed by atoms with van der Waals surface area (Å²) in [6.45, 7) is 2.75. The highest BCUT2D eigenvalue weighted by atomic mass is 16.3. The van der Waals surface area contributed by atoms with E-state index >= 15 is 0 Å². The molecular formula is C13H19NO3. The monoisotopic (exact) mass is 237 g/mol. The number of unbranched alkanes of at least 4 members (excludes halogenated alkanes) is 3. The normalized spacial score (nSPS) is 10.2. The minimum absolute atomic E-state index is 0.110. The van der Waals surface area contributed by atoms with Gasteiger partial charge in [0.2, 0.25) is 0 Å². The Labute approximate surface area is 101 Å². The molecule has 0 saturated heterocycles. The molecule has 1 amide bonds. The van der Waals surface area contributed by atoms with E-state index in [1.54, 1.807) is 0 Å². The summed E-state index contributed by atoms with van der Waals surface area (Å²) in [7, 11) is 0. The molecule has 17 heavy (non-hydrogen) atoms. The molecule has 4 heteroatoms. The second kappa shape index (κ2) is 6.78. The molecule has 3 N–H and O–H groups in total. The first-order valence-corrected chi connectivity index (χ1v) is 5.94. The number of aromatic hydroxyl groups is 2. The SMILES string of the molecule is CCCCCCNC(=O)c1cc(O)cc(O)c1. The summed E-state index contributed by atoms with van der Waals surface area (Å²) < 4.78 is 0. The van der Waals surface area contributed by atoms with Crippen molar-refractivity contribution in [2.75, 3.05) is 6.54 Å². The number of carbonyl (C=O) groups excluding carboxylic acids is 1. The standard InChI is InChI=1S/C13H19NO3/c1-2-3-4-5-6-14-13(17)10-7-11(15)9-12(16)8-10/h7-9,15-16H,2-6H2,1H3,(H,14,17). The molecule has 0 atom stereocenters. The molecule has 1 aromatic carbocycles. The maximum atomic E-state index is 11.6. The first-order chi connectivity index (χ1) is 8.13. The van der Waals surface area contributed by atoms with E-state index in [0.29, 0.717) is 6.54 Å². The van der Waals surface area contributed by atoms with Crippen LogP contribution in [0.15, 0.2) is 18.2 Å². The number of carbonyl (C=O) groups is 1. The first-order valence-electron chi connectivity index (χ1n) is 5.94. The average Bonchev–Trinajstić information content (AvgIpc) is 2.27. The summed E-state index contributed by atoms with van der Waals surface area (Å²) in [5.74, 6) is -0.491. The second-order valence-corrected chi connectivity index (χ2v) is 4.05. The number of benzene rings is 1. The van der Waals surface area contributed by atoms with Gasteiger partial charge in [-0.25, -0.2) is 0 Å². The van der Waals surface area contributed by atoms with E-state index in [2.05, 4.69) is 12.2 Å². The lowest BCUT2D eigenvalue weighted by Crippen LogP contribution is -2.24. The molecular weight excluding hydrogens is 218 g/mol. The lowest BCUT2D eigenvalue weighted by atomic mass is 10.1. The molecule has 94 valence electrons. The highest BCUT2D eigenvalue weighted by Gasteiger charge is 2.07. The molecule has 0 heterocycles. The molecule has 0 spiro atoms. The van der Waals surface area contributed by atoms with Gasteiger partial charge in [-0.15, -0.1) is 0 Å². The molecule has 1 aromatic rings. The van der Waals surface area contributed by atoms with Crippen molar-refractivity contribution in [3.8, 4) is 11.5 Å². The van der Waals surface area contributed by atoms with Crippen LogP contribution in [-0.4, -0.2) is 22.7 Å². The molecule has 0 fully saturated rings. The fourth-order valence-electron chi connectivity index (χ4n) is 1.58. The second-order valence-electron chi connectivity index (χ2n) is 4.05. The number of hydrogen-bond acceptors (Lipinski definition) is 3. The zero-order chi connectivity index (χ0) is 12.7. The van der Waals surface area contributed by atoms with Crippen LogP contribution >= 0.6 is 0 Å². The fourth-order valence-corrected chi connectivity index (χ4v) is 1.58. The maximum Gasteiger partial charge on any atom is 0.251 e. The Balaban J connectivity index is 2.41. The maximum absolute atomic E-state index is 11.6. The Morgan fingerprint density at radius 3 is 2.35 bits per heavy atom. The van der Waals surface area contributed by atoms with Crippen LogP contribution in [-0.2, 0) is 0 Å². The number of nitrogens with one attached hydrogen (secondary N) is 1. The van der Waals surface area contributed by atoms with E-state index in [9.17, 15) is 15.0 Å². The van der Waals surface area contributed by atoms with Crippen molar-refractivity contribution in [2.45, 2.75) is 32.6 Å². The fraction of sp³-hybridized carbons (Fsp3) is 0.462. The smallest absolute Gasteiger partial charge is 0.251 e. The van der Waals surface area contributed by atoms with Crippen LogP contribution in [0.1, 0.15) is 43.0 Å². The third kappa shape index (κ3) is 4.76. The van der Waals surface area contributed by atoms with Crippen LogP contribution < -0.4 is 5.32 Å². The summed E-state index contributed by atoms with van der Waals surface area (Å²) >= 11 is 0. The molecule has 0 bridgehead atoms. The van der Waals surface area contributed by atoms with Gasteiger partial charge in [-0.3, -0.25) is 4.79 Å². The van der Waals surface area contributed by atoms with Gasteiger partial charge in [0.1, 0.15) is 11.5 Å². The van der Waals surface area contributed by atoms with Gasteiger partial charge < -0.3 is 15.5 Å². The predicted molar refractivity (Wildman–Crippen MR) is 66.2 cm³/mol. The lowest BCUT2D eigenvalue weighted by molar-refractivity contribution is 0.0952. The van der Waals surface area contributed by atoms with Gasteiger partial charge in [-0.05, 0) is 18.6 Å². The zero-order valence-corrected chi connectivity index (χ0v) is 10.1. The van der Waals surface area contributed by atoms with Gasteiger partial charge in [0, 0.05) is 18.2 Å². The van der Waals surface area contributed by atoms with Gasteiger partial charge >= 0.3 is 0 Å². The van der Waals surface area contributed by atoms with E-state index in [4.69, 9.17) is 0 Å². The number of phenolic OH excluding ortho intramolecular Hbond substituents is 2. The molecule has 0 saturated carbocycles. The van der Waals surface area contributed by atoms with E-state index in [0.717, 1.165) is 19.3 Å². The van der Waals surface area contributed by atoms with Crippen molar-refractivity contribution < 1.29 is 15.0 Å². The minimum atomic E-state index is -0.271. The molecule has 0 aliphatic rings. The van der Waals surface area contributed by atoms with Gasteiger partial charge in [-0.1, -0.05) is 26.2 Å². The largest absolute Gasteiger partial charge is 0.508 e. The van der Waals surface area contributed by atoms with Crippen molar-refractivity contribution in [2.24, 2.45) is 0 Å². The topological polar surface area (TPSA) is 69.6 Å². The van der Waals surface area contributed by atoms with Crippen LogP contribution in [0, 0.1) is 0 Å². The zero-order valence-electron chi connectivity index (χ0n) is 10.1. The van der Waals surface area contributed by atoms with Crippen LogP contribution in [0.3, 0.4) is 0 Å².